The summed E-state index contributed by atoms with van der Waals surface area (Å²) in [5, 5.41) is 14.4. The molecule has 0 spiro atoms. The van der Waals surface area contributed by atoms with Crippen LogP contribution < -0.4 is 5.32 Å². The van der Waals surface area contributed by atoms with Gasteiger partial charge in [0.05, 0.1) is 5.75 Å². The quantitative estimate of drug-likeness (QED) is 0.576. The lowest BCUT2D eigenvalue weighted by atomic mass is 10.1. The first-order chi connectivity index (χ1) is 13.0. The Morgan fingerprint density at radius 2 is 1.93 bits per heavy atom. The van der Waals surface area contributed by atoms with Crippen LogP contribution in [0.4, 0.5) is 5.69 Å². The average Bonchev–Trinajstić information content (AvgIpc) is 3.19. The van der Waals surface area contributed by atoms with E-state index in [0.717, 1.165) is 46.2 Å². The van der Waals surface area contributed by atoms with Crippen molar-refractivity contribution in [2.45, 2.75) is 38.8 Å². The highest BCUT2D eigenvalue weighted by molar-refractivity contribution is 7.99. The van der Waals surface area contributed by atoms with Gasteiger partial charge in [0.25, 0.3) is 0 Å². The van der Waals surface area contributed by atoms with Crippen molar-refractivity contribution in [3.8, 4) is 11.4 Å². The molecule has 0 bridgehead atoms. The molecule has 27 heavy (non-hydrogen) atoms. The third-order valence-corrected chi connectivity index (χ3v) is 6.10. The second-order valence-corrected chi connectivity index (χ2v) is 8.57. The Bertz CT molecular complexity index is 925. The third-order valence-electron chi connectivity index (χ3n) is 4.08. The van der Waals surface area contributed by atoms with Crippen molar-refractivity contribution in [2.75, 3.05) is 11.1 Å². The van der Waals surface area contributed by atoms with Crippen LogP contribution in [0.5, 0.6) is 0 Å². The zero-order valence-electron chi connectivity index (χ0n) is 16.1. The fraction of sp³-hybridized carbons (Fsp3) is 0.350. The van der Waals surface area contributed by atoms with Crippen molar-refractivity contribution >= 4 is 34.7 Å². The van der Waals surface area contributed by atoms with E-state index < -0.39 is 0 Å². The molecule has 0 saturated heterocycles. The zero-order valence-corrected chi connectivity index (χ0v) is 17.7. The number of anilines is 1. The molecule has 5 nitrogen and oxygen atoms in total. The summed E-state index contributed by atoms with van der Waals surface area (Å²) >= 11 is 3.15. The molecule has 0 radical (unpaired) electrons. The Hall–Kier alpha value is -2.12. The van der Waals surface area contributed by atoms with Crippen LogP contribution in [0.3, 0.4) is 0 Å². The number of carbonyl (C=O) groups is 1. The number of amides is 1. The molecule has 0 aliphatic carbocycles. The van der Waals surface area contributed by atoms with E-state index in [1.807, 2.05) is 37.6 Å². The number of thiophene rings is 1. The number of hydrogen-bond donors (Lipinski definition) is 1. The van der Waals surface area contributed by atoms with E-state index >= 15 is 0 Å². The third kappa shape index (κ3) is 4.99. The lowest BCUT2D eigenvalue weighted by Crippen LogP contribution is -2.14. The fourth-order valence-corrected chi connectivity index (χ4v) is 4.62. The number of carbonyl (C=O) groups excluding carboxylic acids is 1. The number of rotatable bonds is 7. The molecule has 1 aromatic carbocycles. The van der Waals surface area contributed by atoms with Crippen molar-refractivity contribution in [2.24, 2.45) is 7.05 Å². The molecule has 3 aromatic rings. The number of thioether (sulfide) groups is 1. The number of nitrogens with zero attached hydrogens (tertiary/aromatic N) is 3. The smallest absolute Gasteiger partial charge is 0.234 e. The number of aryl methyl sites for hydroxylation is 3. The second kappa shape index (κ2) is 8.71. The van der Waals surface area contributed by atoms with Gasteiger partial charge in [-0.2, -0.15) is 0 Å². The molecule has 7 heteroatoms. The average molecular weight is 401 g/mol. The molecule has 0 atom stereocenters. The van der Waals surface area contributed by atoms with Crippen LogP contribution in [0.2, 0.25) is 0 Å². The highest BCUT2D eigenvalue weighted by atomic mass is 32.2. The summed E-state index contributed by atoms with van der Waals surface area (Å²) < 4.78 is 1.95. The van der Waals surface area contributed by atoms with E-state index in [0.29, 0.717) is 5.75 Å². The van der Waals surface area contributed by atoms with E-state index in [4.69, 9.17) is 0 Å². The first kappa shape index (κ1) is 19.6. The van der Waals surface area contributed by atoms with Gasteiger partial charge in [-0.1, -0.05) is 31.2 Å². The van der Waals surface area contributed by atoms with Crippen LogP contribution in [0.1, 0.15) is 29.3 Å². The van der Waals surface area contributed by atoms with Crippen molar-refractivity contribution < 1.29 is 4.79 Å². The highest BCUT2D eigenvalue weighted by Crippen LogP contribution is 2.27. The van der Waals surface area contributed by atoms with Crippen LogP contribution in [-0.2, 0) is 18.3 Å². The standard InChI is InChI=1S/C20H24N4OS2/c1-5-6-17-10-15(11-26-17)19-22-23-20(24(19)4)27-12-18(25)21-16-8-13(2)7-14(3)9-16/h7-11H,5-6,12H2,1-4H3,(H,21,25). The summed E-state index contributed by atoms with van der Waals surface area (Å²) in [4.78, 5) is 13.6. The van der Waals surface area contributed by atoms with Crippen molar-refractivity contribution in [1.82, 2.24) is 14.8 Å². The van der Waals surface area contributed by atoms with Gasteiger partial charge in [-0.15, -0.1) is 21.5 Å². The molecule has 0 fully saturated rings. The zero-order chi connectivity index (χ0) is 19.4. The molecule has 2 heterocycles. The van der Waals surface area contributed by atoms with E-state index in [9.17, 15) is 4.79 Å². The van der Waals surface area contributed by atoms with Crippen molar-refractivity contribution in [3.63, 3.8) is 0 Å². The van der Waals surface area contributed by atoms with Gasteiger partial charge >= 0.3 is 0 Å². The largest absolute Gasteiger partial charge is 0.325 e. The molecule has 1 amide bonds. The minimum atomic E-state index is -0.0460. The van der Waals surface area contributed by atoms with Gasteiger partial charge in [0.1, 0.15) is 0 Å². The fourth-order valence-electron chi connectivity index (χ4n) is 2.94. The topological polar surface area (TPSA) is 59.8 Å². The maximum Gasteiger partial charge on any atom is 0.234 e. The summed E-state index contributed by atoms with van der Waals surface area (Å²) in [7, 11) is 1.94. The van der Waals surface area contributed by atoms with Crippen molar-refractivity contribution in [3.05, 3.63) is 45.6 Å². The minimum Gasteiger partial charge on any atom is -0.325 e. The molecule has 0 aliphatic rings. The molecule has 142 valence electrons. The number of aromatic nitrogens is 3. The lowest BCUT2D eigenvalue weighted by molar-refractivity contribution is -0.113. The van der Waals surface area contributed by atoms with Gasteiger partial charge in [-0.3, -0.25) is 4.79 Å². The van der Waals surface area contributed by atoms with Crippen LogP contribution in [0.25, 0.3) is 11.4 Å². The van der Waals surface area contributed by atoms with E-state index in [-0.39, 0.29) is 5.91 Å². The number of nitrogens with one attached hydrogen (secondary N) is 1. The van der Waals surface area contributed by atoms with E-state index in [1.54, 1.807) is 11.3 Å². The summed E-state index contributed by atoms with van der Waals surface area (Å²) in [6.07, 6.45) is 2.22. The lowest BCUT2D eigenvalue weighted by Gasteiger charge is -2.07. The van der Waals surface area contributed by atoms with Crippen LogP contribution in [-0.4, -0.2) is 26.4 Å². The first-order valence-corrected chi connectivity index (χ1v) is 10.8. The molecule has 0 unspecified atom stereocenters. The van der Waals surface area contributed by atoms with Crippen LogP contribution in [0.15, 0.2) is 34.8 Å². The van der Waals surface area contributed by atoms with Gasteiger partial charge in [-0.05, 0) is 49.6 Å². The predicted molar refractivity (Wildman–Crippen MR) is 114 cm³/mol. The van der Waals surface area contributed by atoms with E-state index in [2.05, 4.69) is 40.0 Å². The van der Waals surface area contributed by atoms with Crippen LogP contribution >= 0.6 is 23.1 Å². The molecule has 0 saturated carbocycles. The monoisotopic (exact) mass is 400 g/mol. The van der Waals surface area contributed by atoms with Crippen LogP contribution in [0, 0.1) is 13.8 Å². The summed E-state index contributed by atoms with van der Waals surface area (Å²) in [5.41, 5.74) is 4.19. The molecular formula is C20H24N4OS2. The van der Waals surface area contributed by atoms with Gasteiger partial charge < -0.3 is 9.88 Å². The molecule has 1 N–H and O–H groups in total. The first-order valence-electron chi connectivity index (χ1n) is 8.94. The summed E-state index contributed by atoms with van der Waals surface area (Å²) in [5.74, 6) is 1.09. The summed E-state index contributed by atoms with van der Waals surface area (Å²) in [6, 6.07) is 8.21. The maximum absolute atomic E-state index is 12.3. The van der Waals surface area contributed by atoms with Crippen molar-refractivity contribution in [1.29, 1.82) is 0 Å². The molecule has 0 aliphatic heterocycles. The highest BCUT2D eigenvalue weighted by Gasteiger charge is 2.14. The van der Waals surface area contributed by atoms with E-state index in [1.165, 1.54) is 16.6 Å². The SMILES string of the molecule is CCCc1cc(-c2nnc(SCC(=O)Nc3cc(C)cc(C)c3)n2C)cs1. The Kier molecular flexibility index (Phi) is 6.34. The number of benzene rings is 1. The molecule has 3 rings (SSSR count). The number of hydrogen-bond acceptors (Lipinski definition) is 5. The van der Waals surface area contributed by atoms with Gasteiger partial charge in [0, 0.05) is 28.6 Å². The Morgan fingerprint density at radius 1 is 1.19 bits per heavy atom. The predicted octanol–water partition coefficient (Wildman–Crippen LogP) is 4.84. The van der Waals surface area contributed by atoms with Gasteiger partial charge in [-0.25, -0.2) is 0 Å². The van der Waals surface area contributed by atoms with Gasteiger partial charge in [0.15, 0.2) is 11.0 Å². The normalized spacial score (nSPS) is 11.0. The minimum absolute atomic E-state index is 0.0460. The Balaban J connectivity index is 1.62. The Morgan fingerprint density at radius 3 is 2.63 bits per heavy atom. The molecular weight excluding hydrogens is 376 g/mol. The Labute approximate surface area is 168 Å². The molecule has 2 aromatic heterocycles. The second-order valence-electron chi connectivity index (χ2n) is 6.63. The van der Waals surface area contributed by atoms with Gasteiger partial charge in [0.2, 0.25) is 5.91 Å². The summed E-state index contributed by atoms with van der Waals surface area (Å²) in [6.45, 7) is 6.23. The maximum atomic E-state index is 12.3.